The molecular formula is C19H20N4O2. The van der Waals surface area contributed by atoms with Crippen LogP contribution in [0, 0.1) is 0 Å². The normalized spacial score (nSPS) is 10.6. The van der Waals surface area contributed by atoms with Gasteiger partial charge in [0.1, 0.15) is 5.82 Å². The van der Waals surface area contributed by atoms with Crippen molar-refractivity contribution in [1.29, 1.82) is 0 Å². The molecule has 0 saturated carbocycles. The fraction of sp³-hybridized carbons (Fsp3) is 0.211. The fourth-order valence-electron chi connectivity index (χ4n) is 2.59. The SMILES string of the molecule is CC(=O)Nc1ccc(C(=O)NCCCc2nc3ccccc3[nH]2)cc1. The van der Waals surface area contributed by atoms with Gasteiger partial charge in [0.05, 0.1) is 11.0 Å². The third-order valence-corrected chi connectivity index (χ3v) is 3.78. The molecular weight excluding hydrogens is 316 g/mol. The van der Waals surface area contributed by atoms with Crippen molar-refractivity contribution in [3.05, 3.63) is 59.9 Å². The van der Waals surface area contributed by atoms with Crippen LogP contribution >= 0.6 is 0 Å². The Hall–Kier alpha value is -3.15. The van der Waals surface area contributed by atoms with E-state index in [0.717, 1.165) is 29.7 Å². The van der Waals surface area contributed by atoms with E-state index in [0.29, 0.717) is 17.8 Å². The number of aryl methyl sites for hydroxylation is 1. The topological polar surface area (TPSA) is 86.9 Å². The van der Waals surface area contributed by atoms with Crippen LogP contribution in [0.1, 0.15) is 29.5 Å². The van der Waals surface area contributed by atoms with Gasteiger partial charge in [-0.05, 0) is 42.8 Å². The molecule has 0 radical (unpaired) electrons. The maximum absolute atomic E-state index is 12.1. The summed E-state index contributed by atoms with van der Waals surface area (Å²) in [7, 11) is 0. The van der Waals surface area contributed by atoms with E-state index in [-0.39, 0.29) is 11.8 Å². The number of amides is 2. The van der Waals surface area contributed by atoms with Crippen molar-refractivity contribution in [3.63, 3.8) is 0 Å². The van der Waals surface area contributed by atoms with Crippen molar-refractivity contribution in [2.45, 2.75) is 19.8 Å². The highest BCUT2D eigenvalue weighted by molar-refractivity contribution is 5.95. The van der Waals surface area contributed by atoms with Crippen molar-refractivity contribution in [2.24, 2.45) is 0 Å². The van der Waals surface area contributed by atoms with Gasteiger partial charge < -0.3 is 15.6 Å². The summed E-state index contributed by atoms with van der Waals surface area (Å²) in [5.74, 6) is 0.664. The first kappa shape index (κ1) is 16.7. The molecule has 0 spiro atoms. The predicted octanol–water partition coefficient (Wildman–Crippen LogP) is 2.88. The molecule has 0 bridgehead atoms. The van der Waals surface area contributed by atoms with Crippen molar-refractivity contribution in [3.8, 4) is 0 Å². The van der Waals surface area contributed by atoms with Crippen LogP contribution in [-0.2, 0) is 11.2 Å². The lowest BCUT2D eigenvalue weighted by atomic mass is 10.2. The van der Waals surface area contributed by atoms with Crippen LogP contribution in [0.5, 0.6) is 0 Å². The highest BCUT2D eigenvalue weighted by Gasteiger charge is 2.06. The van der Waals surface area contributed by atoms with Gasteiger partial charge >= 0.3 is 0 Å². The number of carbonyl (C=O) groups excluding carboxylic acids is 2. The zero-order valence-electron chi connectivity index (χ0n) is 14.0. The van der Waals surface area contributed by atoms with Gasteiger partial charge in [0, 0.05) is 31.1 Å². The third kappa shape index (κ3) is 4.44. The Balaban J connectivity index is 1.46. The Morgan fingerprint density at radius 2 is 1.84 bits per heavy atom. The molecule has 3 rings (SSSR count). The quantitative estimate of drug-likeness (QED) is 0.605. The molecule has 6 heteroatoms. The number of hydrogen-bond acceptors (Lipinski definition) is 3. The molecule has 1 aromatic heterocycles. The van der Waals surface area contributed by atoms with Crippen molar-refractivity contribution < 1.29 is 9.59 Å². The van der Waals surface area contributed by atoms with Gasteiger partial charge in [-0.3, -0.25) is 9.59 Å². The lowest BCUT2D eigenvalue weighted by Crippen LogP contribution is -2.24. The first-order chi connectivity index (χ1) is 12.1. The van der Waals surface area contributed by atoms with Gasteiger partial charge in [-0.2, -0.15) is 0 Å². The minimum Gasteiger partial charge on any atom is -0.352 e. The molecule has 0 aliphatic carbocycles. The molecule has 0 aliphatic rings. The standard InChI is InChI=1S/C19H20N4O2/c1-13(24)21-15-10-8-14(9-11-15)19(25)20-12-4-7-18-22-16-5-2-3-6-17(16)23-18/h2-3,5-6,8-11H,4,7,12H2,1H3,(H,20,25)(H,21,24)(H,22,23). The summed E-state index contributed by atoms with van der Waals surface area (Å²) in [6, 6.07) is 14.7. The highest BCUT2D eigenvalue weighted by Crippen LogP contribution is 2.11. The first-order valence-corrected chi connectivity index (χ1v) is 8.21. The number of rotatable bonds is 6. The van der Waals surface area contributed by atoms with E-state index in [2.05, 4.69) is 20.6 Å². The van der Waals surface area contributed by atoms with Crippen LogP contribution in [0.4, 0.5) is 5.69 Å². The number of benzene rings is 2. The Morgan fingerprint density at radius 1 is 1.08 bits per heavy atom. The maximum atomic E-state index is 12.1. The molecule has 2 aromatic carbocycles. The number of imidazole rings is 1. The number of carbonyl (C=O) groups is 2. The number of aromatic nitrogens is 2. The molecule has 128 valence electrons. The lowest BCUT2D eigenvalue weighted by Gasteiger charge is -2.06. The van der Waals surface area contributed by atoms with Gasteiger partial charge in [-0.15, -0.1) is 0 Å². The summed E-state index contributed by atoms with van der Waals surface area (Å²) >= 11 is 0. The molecule has 3 N–H and O–H groups in total. The van der Waals surface area contributed by atoms with E-state index < -0.39 is 0 Å². The molecule has 3 aromatic rings. The summed E-state index contributed by atoms with van der Waals surface area (Å²) in [6.07, 6.45) is 1.58. The number of H-pyrrole nitrogens is 1. The van der Waals surface area contributed by atoms with Gasteiger partial charge in [0.2, 0.25) is 5.91 Å². The van der Waals surface area contributed by atoms with E-state index in [1.165, 1.54) is 6.92 Å². The number of para-hydroxylation sites is 2. The van der Waals surface area contributed by atoms with E-state index in [1.54, 1.807) is 24.3 Å². The molecule has 6 nitrogen and oxygen atoms in total. The molecule has 2 amide bonds. The molecule has 1 heterocycles. The monoisotopic (exact) mass is 336 g/mol. The van der Waals surface area contributed by atoms with Gasteiger partial charge in [0.25, 0.3) is 5.91 Å². The maximum Gasteiger partial charge on any atom is 0.251 e. The minimum atomic E-state index is -0.136. The van der Waals surface area contributed by atoms with Crippen molar-refractivity contribution >= 4 is 28.5 Å². The number of nitrogens with one attached hydrogen (secondary N) is 3. The second kappa shape index (κ2) is 7.61. The smallest absolute Gasteiger partial charge is 0.251 e. The van der Waals surface area contributed by atoms with Crippen LogP contribution in [0.15, 0.2) is 48.5 Å². The zero-order chi connectivity index (χ0) is 17.6. The predicted molar refractivity (Wildman–Crippen MR) is 97.5 cm³/mol. The van der Waals surface area contributed by atoms with Crippen LogP contribution in [-0.4, -0.2) is 28.3 Å². The Labute approximate surface area is 145 Å². The third-order valence-electron chi connectivity index (χ3n) is 3.78. The lowest BCUT2D eigenvalue weighted by molar-refractivity contribution is -0.114. The van der Waals surface area contributed by atoms with E-state index in [9.17, 15) is 9.59 Å². The molecule has 0 unspecified atom stereocenters. The molecule has 0 fully saturated rings. The van der Waals surface area contributed by atoms with Crippen LogP contribution in [0.3, 0.4) is 0 Å². The highest BCUT2D eigenvalue weighted by atomic mass is 16.2. The van der Waals surface area contributed by atoms with Crippen LogP contribution < -0.4 is 10.6 Å². The Morgan fingerprint density at radius 3 is 2.56 bits per heavy atom. The second-order valence-electron chi connectivity index (χ2n) is 5.82. The van der Waals surface area contributed by atoms with Crippen molar-refractivity contribution in [1.82, 2.24) is 15.3 Å². The summed E-state index contributed by atoms with van der Waals surface area (Å²) < 4.78 is 0. The summed E-state index contributed by atoms with van der Waals surface area (Å²) in [5, 5.41) is 5.57. The number of hydrogen-bond donors (Lipinski definition) is 3. The van der Waals surface area contributed by atoms with Crippen LogP contribution in [0.2, 0.25) is 0 Å². The summed E-state index contributed by atoms with van der Waals surface area (Å²) in [6.45, 7) is 2.02. The van der Waals surface area contributed by atoms with E-state index >= 15 is 0 Å². The average Bonchev–Trinajstić information content (AvgIpc) is 3.01. The number of anilines is 1. The molecule has 25 heavy (non-hydrogen) atoms. The fourth-order valence-corrected chi connectivity index (χ4v) is 2.59. The molecule has 0 aliphatic heterocycles. The minimum absolute atomic E-state index is 0.126. The van der Waals surface area contributed by atoms with Crippen LogP contribution in [0.25, 0.3) is 11.0 Å². The number of fused-ring (bicyclic) bond motifs is 1. The largest absolute Gasteiger partial charge is 0.352 e. The first-order valence-electron chi connectivity index (χ1n) is 8.21. The van der Waals surface area contributed by atoms with Gasteiger partial charge in [0.15, 0.2) is 0 Å². The molecule has 0 saturated heterocycles. The average molecular weight is 336 g/mol. The molecule has 0 atom stereocenters. The summed E-state index contributed by atoms with van der Waals surface area (Å²) in [4.78, 5) is 30.9. The zero-order valence-corrected chi connectivity index (χ0v) is 14.0. The van der Waals surface area contributed by atoms with Gasteiger partial charge in [-0.1, -0.05) is 12.1 Å². The van der Waals surface area contributed by atoms with E-state index in [4.69, 9.17) is 0 Å². The second-order valence-corrected chi connectivity index (χ2v) is 5.82. The number of nitrogens with zero attached hydrogens (tertiary/aromatic N) is 1. The Bertz CT molecular complexity index is 851. The Kier molecular flexibility index (Phi) is 5.09. The van der Waals surface area contributed by atoms with Gasteiger partial charge in [-0.25, -0.2) is 4.98 Å². The summed E-state index contributed by atoms with van der Waals surface area (Å²) in [5.41, 5.74) is 3.23. The van der Waals surface area contributed by atoms with E-state index in [1.807, 2.05) is 24.3 Å². The number of aromatic amines is 1. The van der Waals surface area contributed by atoms with Crippen molar-refractivity contribution in [2.75, 3.05) is 11.9 Å².